The van der Waals surface area contributed by atoms with Gasteiger partial charge in [-0.15, -0.1) is 18.4 Å². The summed E-state index contributed by atoms with van der Waals surface area (Å²) >= 11 is 0. The first-order valence-corrected chi connectivity index (χ1v) is 6.41. The standard InChI is InChI=1S/C17H22O/c1-14(2)12-17(18)11-6-4-5-9-16-10-7-8-15(3)13-16/h7-8,10,13,17-18H,1,5,9,11-12H2,2-3H3/t17-/m0/s1. The third-order valence-electron chi connectivity index (χ3n) is 2.67. The number of benzene rings is 1. The smallest absolute Gasteiger partial charge is 0.0686 e. The van der Waals surface area contributed by atoms with Gasteiger partial charge < -0.3 is 5.11 Å². The Morgan fingerprint density at radius 3 is 2.83 bits per heavy atom. The van der Waals surface area contributed by atoms with Crippen LogP contribution in [0.3, 0.4) is 0 Å². The minimum absolute atomic E-state index is 0.367. The second-order valence-corrected chi connectivity index (χ2v) is 4.86. The summed E-state index contributed by atoms with van der Waals surface area (Å²) in [5, 5.41) is 9.61. The van der Waals surface area contributed by atoms with Gasteiger partial charge in [0.2, 0.25) is 0 Å². The Balaban J connectivity index is 2.28. The number of hydrogen-bond acceptors (Lipinski definition) is 1. The van der Waals surface area contributed by atoms with Crippen LogP contribution in [0.1, 0.15) is 37.3 Å². The fourth-order valence-electron chi connectivity index (χ4n) is 1.83. The first-order chi connectivity index (χ1) is 8.58. The molecule has 0 aliphatic carbocycles. The molecule has 0 radical (unpaired) electrons. The van der Waals surface area contributed by atoms with Crippen molar-refractivity contribution in [2.45, 2.75) is 45.6 Å². The number of hydrogen-bond donors (Lipinski definition) is 1. The van der Waals surface area contributed by atoms with Gasteiger partial charge in [0.05, 0.1) is 6.10 Å². The first-order valence-electron chi connectivity index (χ1n) is 6.41. The average molecular weight is 242 g/mol. The lowest BCUT2D eigenvalue weighted by Crippen LogP contribution is -2.04. The SMILES string of the molecule is C=C(C)C[C@@H](O)CC#CCCc1cccc(C)c1. The number of rotatable bonds is 5. The van der Waals surface area contributed by atoms with Gasteiger partial charge in [0.25, 0.3) is 0 Å². The first kappa shape index (κ1) is 14.5. The van der Waals surface area contributed by atoms with E-state index in [4.69, 9.17) is 0 Å². The van der Waals surface area contributed by atoms with E-state index >= 15 is 0 Å². The van der Waals surface area contributed by atoms with Crippen LogP contribution in [0.2, 0.25) is 0 Å². The highest BCUT2D eigenvalue weighted by Gasteiger charge is 2.00. The molecule has 0 amide bonds. The van der Waals surface area contributed by atoms with Crippen LogP contribution in [0.4, 0.5) is 0 Å². The molecule has 0 saturated heterocycles. The van der Waals surface area contributed by atoms with Crippen molar-refractivity contribution < 1.29 is 5.11 Å². The number of aryl methyl sites for hydroxylation is 2. The maximum absolute atomic E-state index is 9.61. The Labute approximate surface area is 111 Å². The van der Waals surface area contributed by atoms with Gasteiger partial charge in [-0.3, -0.25) is 0 Å². The van der Waals surface area contributed by atoms with E-state index in [9.17, 15) is 5.11 Å². The molecule has 0 bridgehead atoms. The van der Waals surface area contributed by atoms with E-state index in [0.717, 1.165) is 18.4 Å². The summed E-state index contributed by atoms with van der Waals surface area (Å²) in [7, 11) is 0. The highest BCUT2D eigenvalue weighted by Crippen LogP contribution is 2.07. The summed E-state index contributed by atoms with van der Waals surface area (Å²) in [6.45, 7) is 7.80. The summed E-state index contributed by atoms with van der Waals surface area (Å²) in [5.74, 6) is 6.15. The molecule has 0 saturated carbocycles. The summed E-state index contributed by atoms with van der Waals surface area (Å²) in [6, 6.07) is 8.50. The van der Waals surface area contributed by atoms with Gasteiger partial charge in [0, 0.05) is 12.8 Å². The van der Waals surface area contributed by atoms with E-state index in [-0.39, 0.29) is 6.10 Å². The molecule has 1 atom stereocenters. The molecular weight excluding hydrogens is 220 g/mol. The Morgan fingerprint density at radius 2 is 2.17 bits per heavy atom. The van der Waals surface area contributed by atoms with E-state index in [0.29, 0.717) is 12.8 Å². The van der Waals surface area contributed by atoms with Crippen molar-refractivity contribution in [2.75, 3.05) is 0 Å². The zero-order valence-corrected chi connectivity index (χ0v) is 11.4. The van der Waals surface area contributed by atoms with E-state index in [1.54, 1.807) is 0 Å². The zero-order chi connectivity index (χ0) is 13.4. The predicted octanol–water partition coefficient (Wildman–Crippen LogP) is 3.65. The van der Waals surface area contributed by atoms with E-state index < -0.39 is 0 Å². The van der Waals surface area contributed by atoms with Crippen molar-refractivity contribution >= 4 is 0 Å². The van der Waals surface area contributed by atoms with Crippen LogP contribution >= 0.6 is 0 Å². The summed E-state index contributed by atoms with van der Waals surface area (Å²) in [5.41, 5.74) is 3.62. The zero-order valence-electron chi connectivity index (χ0n) is 11.4. The average Bonchev–Trinajstić information content (AvgIpc) is 2.27. The molecule has 0 aromatic heterocycles. The fraction of sp³-hybridized carbons (Fsp3) is 0.412. The molecule has 1 rings (SSSR count). The number of aliphatic hydroxyl groups excluding tert-OH is 1. The molecule has 1 aromatic carbocycles. The maximum Gasteiger partial charge on any atom is 0.0686 e. The highest BCUT2D eigenvalue weighted by atomic mass is 16.3. The largest absolute Gasteiger partial charge is 0.392 e. The van der Waals surface area contributed by atoms with Gasteiger partial charge in [0.15, 0.2) is 0 Å². The molecule has 1 nitrogen and oxygen atoms in total. The lowest BCUT2D eigenvalue weighted by molar-refractivity contribution is 0.180. The van der Waals surface area contributed by atoms with Gasteiger partial charge >= 0.3 is 0 Å². The van der Waals surface area contributed by atoms with Crippen LogP contribution in [0.25, 0.3) is 0 Å². The Kier molecular flexibility index (Phi) is 6.25. The third-order valence-corrected chi connectivity index (χ3v) is 2.67. The molecule has 96 valence electrons. The Bertz CT molecular complexity index is 448. The highest BCUT2D eigenvalue weighted by molar-refractivity contribution is 5.23. The molecule has 0 aliphatic rings. The molecule has 0 unspecified atom stereocenters. The molecule has 0 heterocycles. The normalized spacial score (nSPS) is 11.5. The van der Waals surface area contributed by atoms with Crippen LogP contribution in [0, 0.1) is 18.8 Å². The Morgan fingerprint density at radius 1 is 1.39 bits per heavy atom. The maximum atomic E-state index is 9.61. The minimum Gasteiger partial charge on any atom is -0.392 e. The molecule has 0 spiro atoms. The van der Waals surface area contributed by atoms with E-state index in [2.05, 4.69) is 49.6 Å². The van der Waals surface area contributed by atoms with Crippen molar-refractivity contribution in [3.8, 4) is 11.8 Å². The molecule has 1 heteroatoms. The lowest BCUT2D eigenvalue weighted by atomic mass is 10.1. The monoisotopic (exact) mass is 242 g/mol. The van der Waals surface area contributed by atoms with E-state index in [1.165, 1.54) is 11.1 Å². The second-order valence-electron chi connectivity index (χ2n) is 4.86. The third kappa shape index (κ3) is 6.27. The van der Waals surface area contributed by atoms with Crippen LogP contribution < -0.4 is 0 Å². The second kappa shape index (κ2) is 7.74. The van der Waals surface area contributed by atoms with Gasteiger partial charge in [-0.25, -0.2) is 0 Å². The molecule has 0 aliphatic heterocycles. The van der Waals surface area contributed by atoms with Gasteiger partial charge in [-0.1, -0.05) is 35.4 Å². The van der Waals surface area contributed by atoms with Crippen LogP contribution in [0.5, 0.6) is 0 Å². The van der Waals surface area contributed by atoms with E-state index in [1.807, 2.05) is 6.92 Å². The summed E-state index contributed by atoms with van der Waals surface area (Å²) in [6.07, 6.45) is 2.65. The molecule has 1 N–H and O–H groups in total. The van der Waals surface area contributed by atoms with Crippen molar-refractivity contribution in [1.82, 2.24) is 0 Å². The van der Waals surface area contributed by atoms with Gasteiger partial charge in [0.1, 0.15) is 0 Å². The molecule has 1 aromatic rings. The number of aliphatic hydroxyl groups is 1. The lowest BCUT2D eigenvalue weighted by Gasteiger charge is -2.04. The van der Waals surface area contributed by atoms with Crippen molar-refractivity contribution in [2.24, 2.45) is 0 Å². The van der Waals surface area contributed by atoms with Crippen molar-refractivity contribution in [1.29, 1.82) is 0 Å². The summed E-state index contributed by atoms with van der Waals surface area (Å²) < 4.78 is 0. The summed E-state index contributed by atoms with van der Waals surface area (Å²) in [4.78, 5) is 0. The molecule has 0 fully saturated rings. The Hall–Kier alpha value is -1.52. The van der Waals surface area contributed by atoms with Crippen molar-refractivity contribution in [3.05, 3.63) is 47.5 Å². The van der Waals surface area contributed by atoms with Crippen molar-refractivity contribution in [3.63, 3.8) is 0 Å². The van der Waals surface area contributed by atoms with Crippen LogP contribution in [-0.4, -0.2) is 11.2 Å². The molecular formula is C17H22O. The minimum atomic E-state index is -0.367. The fourth-order valence-corrected chi connectivity index (χ4v) is 1.83. The van der Waals surface area contributed by atoms with Gasteiger partial charge in [-0.05, 0) is 32.3 Å². The predicted molar refractivity (Wildman–Crippen MR) is 77.3 cm³/mol. The van der Waals surface area contributed by atoms with Crippen LogP contribution in [0.15, 0.2) is 36.4 Å². The van der Waals surface area contributed by atoms with Crippen LogP contribution in [-0.2, 0) is 6.42 Å². The quantitative estimate of drug-likeness (QED) is 0.617. The topological polar surface area (TPSA) is 20.2 Å². The van der Waals surface area contributed by atoms with Gasteiger partial charge in [-0.2, -0.15) is 0 Å². The molecule has 18 heavy (non-hydrogen) atoms.